The quantitative estimate of drug-likeness (QED) is 0.778. The highest BCUT2D eigenvalue weighted by Crippen LogP contribution is 2.60. The Morgan fingerprint density at radius 1 is 1.06 bits per heavy atom. The predicted molar refractivity (Wildman–Crippen MR) is 65.3 cm³/mol. The van der Waals surface area contributed by atoms with Gasteiger partial charge in [0.15, 0.2) is 0 Å². The van der Waals surface area contributed by atoms with Crippen molar-refractivity contribution in [3.63, 3.8) is 0 Å². The molecule has 1 unspecified atom stereocenters. The van der Waals surface area contributed by atoms with Crippen molar-refractivity contribution >= 4 is 0 Å². The summed E-state index contributed by atoms with van der Waals surface area (Å²) in [4.78, 5) is 2.66. The molecule has 0 spiro atoms. The van der Waals surface area contributed by atoms with E-state index in [0.29, 0.717) is 0 Å². The van der Waals surface area contributed by atoms with E-state index in [1.807, 2.05) is 0 Å². The summed E-state index contributed by atoms with van der Waals surface area (Å²) in [5, 5.41) is 3.94. The zero-order valence-electron chi connectivity index (χ0n) is 10.3. The zero-order valence-corrected chi connectivity index (χ0v) is 10.3. The van der Waals surface area contributed by atoms with Crippen LogP contribution in [0.2, 0.25) is 0 Å². The van der Waals surface area contributed by atoms with Crippen molar-refractivity contribution < 1.29 is 0 Å². The van der Waals surface area contributed by atoms with E-state index in [9.17, 15) is 0 Å². The normalized spacial score (nSPS) is 44.6. The van der Waals surface area contributed by atoms with Gasteiger partial charge in [-0.1, -0.05) is 0 Å². The Morgan fingerprint density at radius 2 is 1.81 bits per heavy atom. The first-order chi connectivity index (χ1) is 7.86. The minimum atomic E-state index is 0.784. The number of nitrogens with zero attached hydrogens (tertiary/aromatic N) is 1. The highest BCUT2D eigenvalue weighted by Gasteiger charge is 2.53. The Balaban J connectivity index is 1.34. The first kappa shape index (κ1) is 9.90. The lowest BCUT2D eigenvalue weighted by atomic mass is 9.83. The maximum atomic E-state index is 3.94. The third-order valence-electron chi connectivity index (χ3n) is 5.71. The second-order valence-corrected chi connectivity index (χ2v) is 6.76. The van der Waals surface area contributed by atoms with Crippen LogP contribution in [0.5, 0.6) is 0 Å². The maximum Gasteiger partial charge on any atom is 0.0224 e. The van der Waals surface area contributed by atoms with Crippen molar-refractivity contribution in [2.75, 3.05) is 26.2 Å². The molecule has 90 valence electrons. The average molecular weight is 220 g/mol. The fraction of sp³-hybridized carbons (Fsp3) is 1.00. The van der Waals surface area contributed by atoms with E-state index in [1.165, 1.54) is 64.7 Å². The minimum Gasteiger partial charge on any atom is -0.312 e. The van der Waals surface area contributed by atoms with Gasteiger partial charge in [-0.15, -0.1) is 0 Å². The van der Waals surface area contributed by atoms with Gasteiger partial charge in [0.05, 0.1) is 0 Å². The number of hydrogen-bond acceptors (Lipinski definition) is 2. The monoisotopic (exact) mass is 220 g/mol. The van der Waals surface area contributed by atoms with Gasteiger partial charge in [0, 0.05) is 19.1 Å². The molecule has 0 aromatic carbocycles. The summed E-state index contributed by atoms with van der Waals surface area (Å²) in [5.41, 5.74) is 0.784. The molecule has 0 aromatic rings. The standard InChI is InChI=1S/C14H24N2/c1-2-12(1)14(5-6-14)10-15-13-9-16-7-3-11(13)4-8-16/h11-13,15H,1-10H2. The van der Waals surface area contributed by atoms with E-state index in [0.717, 1.165) is 23.3 Å². The van der Waals surface area contributed by atoms with Crippen LogP contribution in [0.1, 0.15) is 38.5 Å². The Hall–Kier alpha value is -0.0800. The molecular formula is C14H24N2. The third kappa shape index (κ3) is 1.62. The lowest BCUT2D eigenvalue weighted by molar-refractivity contribution is 0.0694. The molecule has 5 aliphatic rings. The number of rotatable bonds is 4. The van der Waals surface area contributed by atoms with Crippen LogP contribution in [0.4, 0.5) is 0 Å². The van der Waals surface area contributed by atoms with Crippen LogP contribution in [-0.2, 0) is 0 Å². The summed E-state index contributed by atoms with van der Waals surface area (Å²) in [5.74, 6) is 2.11. The highest BCUT2D eigenvalue weighted by molar-refractivity contribution is 5.06. The molecule has 3 saturated heterocycles. The first-order valence-electron chi connectivity index (χ1n) is 7.31. The molecule has 0 radical (unpaired) electrons. The lowest BCUT2D eigenvalue weighted by Crippen LogP contribution is -2.56. The molecule has 3 heterocycles. The van der Waals surface area contributed by atoms with Gasteiger partial charge < -0.3 is 10.2 Å². The fourth-order valence-corrected chi connectivity index (χ4v) is 4.12. The van der Waals surface area contributed by atoms with Gasteiger partial charge >= 0.3 is 0 Å². The van der Waals surface area contributed by atoms with Crippen molar-refractivity contribution in [1.29, 1.82) is 0 Å². The summed E-state index contributed by atoms with van der Waals surface area (Å²) >= 11 is 0. The summed E-state index contributed by atoms with van der Waals surface area (Å²) in [6.07, 6.45) is 9.00. The lowest BCUT2D eigenvalue weighted by Gasteiger charge is -2.45. The predicted octanol–water partition coefficient (Wildman–Crippen LogP) is 1.86. The molecule has 2 aliphatic carbocycles. The molecule has 16 heavy (non-hydrogen) atoms. The van der Waals surface area contributed by atoms with E-state index in [-0.39, 0.29) is 0 Å². The van der Waals surface area contributed by atoms with Crippen molar-refractivity contribution in [2.45, 2.75) is 44.6 Å². The number of hydrogen-bond donors (Lipinski definition) is 1. The molecule has 5 rings (SSSR count). The van der Waals surface area contributed by atoms with Crippen LogP contribution < -0.4 is 5.32 Å². The van der Waals surface area contributed by atoms with Crippen LogP contribution in [0, 0.1) is 17.3 Å². The largest absolute Gasteiger partial charge is 0.312 e. The van der Waals surface area contributed by atoms with Crippen LogP contribution in [0.3, 0.4) is 0 Å². The average Bonchev–Trinajstić information content (AvgIpc) is 3.20. The van der Waals surface area contributed by atoms with Gasteiger partial charge in [-0.2, -0.15) is 0 Å². The zero-order chi connectivity index (χ0) is 10.6. The van der Waals surface area contributed by atoms with Crippen molar-refractivity contribution in [3.05, 3.63) is 0 Å². The Labute approximate surface area is 98.8 Å². The van der Waals surface area contributed by atoms with Crippen LogP contribution in [0.25, 0.3) is 0 Å². The summed E-state index contributed by atoms with van der Waals surface area (Å²) in [6, 6.07) is 0.832. The van der Waals surface area contributed by atoms with Crippen molar-refractivity contribution in [2.24, 2.45) is 17.3 Å². The fourth-order valence-electron chi connectivity index (χ4n) is 4.12. The molecule has 5 fully saturated rings. The molecule has 3 aliphatic heterocycles. The molecule has 1 atom stereocenters. The summed E-state index contributed by atoms with van der Waals surface area (Å²) < 4.78 is 0. The second kappa shape index (κ2) is 3.46. The third-order valence-corrected chi connectivity index (χ3v) is 5.71. The summed E-state index contributed by atoms with van der Waals surface area (Å²) in [6.45, 7) is 5.42. The second-order valence-electron chi connectivity index (χ2n) is 6.76. The molecule has 2 bridgehead atoms. The van der Waals surface area contributed by atoms with E-state index in [4.69, 9.17) is 0 Å². The van der Waals surface area contributed by atoms with Gasteiger partial charge in [0.2, 0.25) is 0 Å². The number of fused-ring (bicyclic) bond motifs is 3. The van der Waals surface area contributed by atoms with Crippen molar-refractivity contribution in [1.82, 2.24) is 10.2 Å². The maximum absolute atomic E-state index is 3.94. The molecular weight excluding hydrogens is 196 g/mol. The molecule has 0 amide bonds. The van der Waals surface area contributed by atoms with Crippen molar-refractivity contribution in [3.8, 4) is 0 Å². The van der Waals surface area contributed by atoms with Gasteiger partial charge in [0.25, 0.3) is 0 Å². The number of nitrogens with one attached hydrogen (secondary N) is 1. The SMILES string of the molecule is C1CN2CCC1C(NCC1(C3CC3)CC1)C2. The smallest absolute Gasteiger partial charge is 0.0224 e. The molecule has 2 nitrogen and oxygen atoms in total. The van der Waals surface area contributed by atoms with E-state index in [1.54, 1.807) is 0 Å². The van der Waals surface area contributed by atoms with E-state index in [2.05, 4.69) is 10.2 Å². The first-order valence-corrected chi connectivity index (χ1v) is 7.31. The Morgan fingerprint density at radius 3 is 2.31 bits per heavy atom. The Kier molecular flexibility index (Phi) is 2.14. The minimum absolute atomic E-state index is 0.784. The van der Waals surface area contributed by atoms with Crippen LogP contribution >= 0.6 is 0 Å². The Bertz CT molecular complexity index is 272. The number of piperidine rings is 3. The highest BCUT2D eigenvalue weighted by atomic mass is 15.2. The van der Waals surface area contributed by atoms with E-state index >= 15 is 0 Å². The molecule has 2 saturated carbocycles. The van der Waals surface area contributed by atoms with Gasteiger partial charge in [-0.05, 0) is 68.9 Å². The molecule has 0 aromatic heterocycles. The van der Waals surface area contributed by atoms with Gasteiger partial charge in [-0.25, -0.2) is 0 Å². The van der Waals surface area contributed by atoms with Gasteiger partial charge in [-0.3, -0.25) is 0 Å². The van der Waals surface area contributed by atoms with Gasteiger partial charge in [0.1, 0.15) is 0 Å². The topological polar surface area (TPSA) is 15.3 Å². The van der Waals surface area contributed by atoms with Crippen LogP contribution in [0.15, 0.2) is 0 Å². The molecule has 1 N–H and O–H groups in total. The summed E-state index contributed by atoms with van der Waals surface area (Å²) in [7, 11) is 0. The molecule has 2 heteroatoms. The van der Waals surface area contributed by atoms with E-state index < -0.39 is 0 Å². The van der Waals surface area contributed by atoms with Crippen LogP contribution in [-0.4, -0.2) is 37.1 Å².